The molecule has 0 heterocycles. The molecule has 2 rings (SSSR count). The lowest BCUT2D eigenvalue weighted by atomic mass is 9.89. The molecule has 0 unspecified atom stereocenters. The number of carbonyl (C=O) groups excluding carboxylic acids is 1. The molecule has 1 amide bonds. The highest BCUT2D eigenvalue weighted by atomic mass is 16.1. The number of amides is 1. The molecule has 2 N–H and O–H groups in total. The standard InChI is InChI=1S/C17H19NO/c1-3-13-14(4-2)16(17(18)19)11-10-15(13)12-8-6-5-7-9-12/h5-11H,3-4H2,1-2H3,(H2,18,19). The fraction of sp³-hybridized carbons (Fsp3) is 0.235. The fourth-order valence-corrected chi connectivity index (χ4v) is 2.62. The third-order valence-corrected chi connectivity index (χ3v) is 3.49. The first-order valence-electron chi connectivity index (χ1n) is 6.69. The molecular formula is C17H19NO. The Morgan fingerprint density at radius 2 is 1.58 bits per heavy atom. The van der Waals surface area contributed by atoms with Gasteiger partial charge in [-0.3, -0.25) is 4.79 Å². The molecule has 0 radical (unpaired) electrons. The van der Waals surface area contributed by atoms with Crippen molar-refractivity contribution in [3.8, 4) is 11.1 Å². The predicted octanol–water partition coefficient (Wildman–Crippen LogP) is 3.58. The molecule has 0 saturated carbocycles. The molecule has 0 bridgehead atoms. The van der Waals surface area contributed by atoms with Gasteiger partial charge in [0.05, 0.1) is 0 Å². The van der Waals surface area contributed by atoms with Crippen LogP contribution in [-0.2, 0) is 12.8 Å². The third-order valence-electron chi connectivity index (χ3n) is 3.49. The molecule has 0 saturated heterocycles. The average Bonchev–Trinajstić information content (AvgIpc) is 2.46. The van der Waals surface area contributed by atoms with E-state index in [4.69, 9.17) is 5.73 Å². The van der Waals surface area contributed by atoms with Crippen LogP contribution < -0.4 is 5.73 Å². The fourth-order valence-electron chi connectivity index (χ4n) is 2.62. The van der Waals surface area contributed by atoms with Crippen molar-refractivity contribution in [1.29, 1.82) is 0 Å². The van der Waals surface area contributed by atoms with Crippen LogP contribution in [0, 0.1) is 0 Å². The van der Waals surface area contributed by atoms with Gasteiger partial charge in [-0.1, -0.05) is 50.2 Å². The Kier molecular flexibility index (Phi) is 4.00. The summed E-state index contributed by atoms with van der Waals surface area (Å²) in [5.41, 5.74) is 10.8. The Hall–Kier alpha value is -2.09. The van der Waals surface area contributed by atoms with Crippen LogP contribution in [-0.4, -0.2) is 5.91 Å². The Bertz CT molecular complexity index is 588. The van der Waals surface area contributed by atoms with Crippen LogP contribution >= 0.6 is 0 Å². The van der Waals surface area contributed by atoms with Gasteiger partial charge >= 0.3 is 0 Å². The molecule has 2 nitrogen and oxygen atoms in total. The highest BCUT2D eigenvalue weighted by molar-refractivity contribution is 5.95. The highest BCUT2D eigenvalue weighted by Gasteiger charge is 2.14. The van der Waals surface area contributed by atoms with Crippen molar-refractivity contribution >= 4 is 5.91 Å². The van der Waals surface area contributed by atoms with Gasteiger partial charge in [0.1, 0.15) is 0 Å². The van der Waals surface area contributed by atoms with E-state index >= 15 is 0 Å². The molecule has 2 heteroatoms. The SMILES string of the molecule is CCc1c(C(N)=O)ccc(-c2ccccc2)c1CC. The van der Waals surface area contributed by atoms with Crippen LogP contribution in [0.15, 0.2) is 42.5 Å². The second-order valence-electron chi connectivity index (χ2n) is 4.56. The number of rotatable bonds is 4. The second-order valence-corrected chi connectivity index (χ2v) is 4.56. The molecular weight excluding hydrogens is 234 g/mol. The molecule has 0 aliphatic carbocycles. The van der Waals surface area contributed by atoms with Crippen molar-refractivity contribution in [1.82, 2.24) is 0 Å². The van der Waals surface area contributed by atoms with Crippen LogP contribution in [0.5, 0.6) is 0 Å². The Morgan fingerprint density at radius 1 is 0.947 bits per heavy atom. The van der Waals surface area contributed by atoms with Crippen molar-refractivity contribution < 1.29 is 4.79 Å². The number of nitrogens with two attached hydrogens (primary N) is 1. The number of primary amides is 1. The molecule has 0 fully saturated rings. The first-order chi connectivity index (χ1) is 9.19. The Morgan fingerprint density at radius 3 is 2.11 bits per heavy atom. The smallest absolute Gasteiger partial charge is 0.248 e. The largest absolute Gasteiger partial charge is 0.366 e. The molecule has 0 aromatic heterocycles. The summed E-state index contributed by atoms with van der Waals surface area (Å²) in [5.74, 6) is -0.342. The average molecular weight is 253 g/mol. The summed E-state index contributed by atoms with van der Waals surface area (Å²) in [7, 11) is 0. The maximum absolute atomic E-state index is 11.5. The van der Waals surface area contributed by atoms with E-state index in [-0.39, 0.29) is 5.91 Å². The van der Waals surface area contributed by atoms with E-state index in [9.17, 15) is 4.79 Å². The summed E-state index contributed by atoms with van der Waals surface area (Å²) in [5, 5.41) is 0. The van der Waals surface area contributed by atoms with Crippen LogP contribution in [0.3, 0.4) is 0 Å². The maximum atomic E-state index is 11.5. The minimum absolute atomic E-state index is 0.342. The van der Waals surface area contributed by atoms with Gasteiger partial charge in [0, 0.05) is 5.56 Å². The van der Waals surface area contributed by atoms with Crippen molar-refractivity contribution in [3.05, 3.63) is 59.2 Å². The van der Waals surface area contributed by atoms with Gasteiger partial charge in [0.15, 0.2) is 0 Å². The van der Waals surface area contributed by atoms with Gasteiger partial charge in [0.25, 0.3) is 0 Å². The Balaban J connectivity index is 2.67. The summed E-state index contributed by atoms with van der Waals surface area (Å²) in [6, 6.07) is 14.1. The van der Waals surface area contributed by atoms with Crippen molar-refractivity contribution in [2.75, 3.05) is 0 Å². The van der Waals surface area contributed by atoms with E-state index in [1.807, 2.05) is 30.3 Å². The third kappa shape index (κ3) is 2.53. The molecule has 0 aliphatic heterocycles. The normalized spacial score (nSPS) is 10.4. The zero-order valence-electron chi connectivity index (χ0n) is 11.4. The van der Waals surface area contributed by atoms with Crippen LogP contribution in [0.2, 0.25) is 0 Å². The van der Waals surface area contributed by atoms with Gasteiger partial charge in [-0.2, -0.15) is 0 Å². The molecule has 0 aliphatic rings. The zero-order chi connectivity index (χ0) is 13.8. The molecule has 0 atom stereocenters. The van der Waals surface area contributed by atoms with E-state index < -0.39 is 0 Å². The van der Waals surface area contributed by atoms with Gasteiger partial charge in [-0.25, -0.2) is 0 Å². The number of hydrogen-bond donors (Lipinski definition) is 1. The Labute approximate surface area is 114 Å². The number of hydrogen-bond acceptors (Lipinski definition) is 1. The van der Waals surface area contributed by atoms with Crippen molar-refractivity contribution in [3.63, 3.8) is 0 Å². The predicted molar refractivity (Wildman–Crippen MR) is 79.2 cm³/mol. The van der Waals surface area contributed by atoms with E-state index in [2.05, 4.69) is 26.0 Å². The lowest BCUT2D eigenvalue weighted by Crippen LogP contribution is -2.15. The topological polar surface area (TPSA) is 43.1 Å². The first kappa shape index (κ1) is 13.3. The van der Waals surface area contributed by atoms with Crippen molar-refractivity contribution in [2.45, 2.75) is 26.7 Å². The van der Waals surface area contributed by atoms with E-state index in [0.29, 0.717) is 5.56 Å². The molecule has 2 aromatic carbocycles. The monoisotopic (exact) mass is 253 g/mol. The summed E-state index contributed by atoms with van der Waals surface area (Å²) in [6.07, 6.45) is 1.72. The highest BCUT2D eigenvalue weighted by Crippen LogP contribution is 2.29. The molecule has 0 spiro atoms. The van der Waals surface area contributed by atoms with Crippen LogP contribution in [0.4, 0.5) is 0 Å². The van der Waals surface area contributed by atoms with Gasteiger partial charge in [-0.05, 0) is 41.2 Å². The summed E-state index contributed by atoms with van der Waals surface area (Å²) in [4.78, 5) is 11.5. The van der Waals surface area contributed by atoms with Crippen LogP contribution in [0.25, 0.3) is 11.1 Å². The first-order valence-corrected chi connectivity index (χ1v) is 6.69. The lowest BCUT2D eigenvalue weighted by molar-refractivity contribution is 0.0999. The minimum Gasteiger partial charge on any atom is -0.366 e. The second kappa shape index (κ2) is 5.70. The summed E-state index contributed by atoms with van der Waals surface area (Å²) >= 11 is 0. The quantitative estimate of drug-likeness (QED) is 0.889. The molecule has 2 aromatic rings. The van der Waals surface area contributed by atoms with Crippen molar-refractivity contribution in [2.24, 2.45) is 5.73 Å². The zero-order valence-corrected chi connectivity index (χ0v) is 11.4. The lowest BCUT2D eigenvalue weighted by Gasteiger charge is -2.16. The number of carbonyl (C=O) groups is 1. The molecule has 19 heavy (non-hydrogen) atoms. The van der Waals surface area contributed by atoms with Gasteiger partial charge in [-0.15, -0.1) is 0 Å². The van der Waals surface area contributed by atoms with Gasteiger partial charge < -0.3 is 5.73 Å². The van der Waals surface area contributed by atoms with Crippen LogP contribution in [0.1, 0.15) is 35.3 Å². The summed E-state index contributed by atoms with van der Waals surface area (Å²) in [6.45, 7) is 4.18. The minimum atomic E-state index is -0.342. The van der Waals surface area contributed by atoms with E-state index in [1.165, 1.54) is 16.7 Å². The summed E-state index contributed by atoms with van der Waals surface area (Å²) < 4.78 is 0. The molecule has 98 valence electrons. The van der Waals surface area contributed by atoms with Gasteiger partial charge in [0.2, 0.25) is 5.91 Å². The number of benzene rings is 2. The maximum Gasteiger partial charge on any atom is 0.248 e. The van der Waals surface area contributed by atoms with E-state index in [0.717, 1.165) is 18.4 Å². The van der Waals surface area contributed by atoms with E-state index in [1.54, 1.807) is 0 Å².